The Bertz CT molecular complexity index is 5260. The number of phenols is 2. The number of nitro groups is 1. The van der Waals surface area contributed by atoms with Crippen molar-refractivity contribution in [2.45, 2.75) is 179 Å². The van der Waals surface area contributed by atoms with Gasteiger partial charge < -0.3 is 29.9 Å². The first-order valence-corrected chi connectivity index (χ1v) is 41.2. The number of aromatic nitrogens is 1. The number of methoxy groups -OCH3 is 1. The lowest BCUT2D eigenvalue weighted by molar-refractivity contribution is -0.384. The summed E-state index contributed by atoms with van der Waals surface area (Å²) in [6.45, 7) is 43.4. The van der Waals surface area contributed by atoms with Gasteiger partial charge in [-0.05, 0) is 234 Å². The highest BCUT2D eigenvalue weighted by Gasteiger charge is 2.25. The molecule has 117 heavy (non-hydrogen) atoms. The zero-order chi connectivity index (χ0) is 86.0. The summed E-state index contributed by atoms with van der Waals surface area (Å²) in [6.07, 6.45) is 7.62. The van der Waals surface area contributed by atoms with Gasteiger partial charge in [0, 0.05) is 98.0 Å². The summed E-state index contributed by atoms with van der Waals surface area (Å²) in [6, 6.07) is 68.4. The van der Waals surface area contributed by atoms with Gasteiger partial charge in [-0.1, -0.05) is 219 Å². The lowest BCUT2D eigenvalue weighted by atomic mass is 9.79. The Morgan fingerprint density at radius 3 is 1.76 bits per heavy atom. The number of halogens is 2. The summed E-state index contributed by atoms with van der Waals surface area (Å²) in [5.74, 6) is 2.38. The lowest BCUT2D eigenvalue weighted by Gasteiger charge is -2.27. The van der Waals surface area contributed by atoms with Crippen molar-refractivity contribution in [3.8, 4) is 23.0 Å². The minimum atomic E-state index is -0.403. The molecule has 17 heteroatoms. The van der Waals surface area contributed by atoms with E-state index >= 15 is 0 Å². The van der Waals surface area contributed by atoms with E-state index in [1.165, 1.54) is 62.8 Å². The summed E-state index contributed by atoms with van der Waals surface area (Å²) in [4.78, 5) is 37.4. The van der Waals surface area contributed by atoms with Gasteiger partial charge in [0.25, 0.3) is 5.69 Å². The van der Waals surface area contributed by atoms with E-state index in [0.717, 1.165) is 96.2 Å². The van der Waals surface area contributed by atoms with Crippen LogP contribution in [0.25, 0.3) is 0 Å². The number of hydrogen-bond acceptors (Lipinski definition) is 14. The molecule has 0 fully saturated rings. The minimum absolute atomic E-state index is 0.00162. The van der Waals surface area contributed by atoms with E-state index in [2.05, 4.69) is 236 Å². The first kappa shape index (κ1) is 93.1. The molecule has 1 aromatic heterocycles. The molecule has 0 unspecified atom stereocenters. The zero-order valence-corrected chi connectivity index (χ0v) is 74.7. The van der Waals surface area contributed by atoms with Gasteiger partial charge in [0.15, 0.2) is 0 Å². The number of allylic oxidation sites excluding steroid dienone is 2. The second-order valence-electron chi connectivity index (χ2n) is 31.9. The van der Waals surface area contributed by atoms with Crippen molar-refractivity contribution in [1.82, 2.24) is 4.98 Å². The normalized spacial score (nSPS) is 11.8. The second kappa shape index (κ2) is 43.7. The molecular formula is C100H116Cl2N8O6S. The Labute approximate surface area is 709 Å². The number of aromatic hydroxyl groups is 2. The fourth-order valence-electron chi connectivity index (χ4n) is 13.0. The number of rotatable bonds is 21. The van der Waals surface area contributed by atoms with E-state index < -0.39 is 4.92 Å². The van der Waals surface area contributed by atoms with E-state index in [4.69, 9.17) is 42.7 Å². The quantitative estimate of drug-likeness (QED) is 0.0271. The van der Waals surface area contributed by atoms with Crippen LogP contribution in [-0.4, -0.2) is 64.4 Å². The summed E-state index contributed by atoms with van der Waals surface area (Å²) in [5, 5.41) is 36.3. The molecule has 0 saturated carbocycles. The predicted molar refractivity (Wildman–Crippen MR) is 499 cm³/mol. The molecule has 0 bridgehead atoms. The second-order valence-corrected chi connectivity index (χ2v) is 33.6. The Hall–Kier alpha value is -11.1. The van der Waals surface area contributed by atoms with E-state index in [1.807, 2.05) is 122 Å². The number of aryl methyl sites for hydroxylation is 7. The van der Waals surface area contributed by atoms with E-state index in [0.29, 0.717) is 51.8 Å². The fraction of sp³-hybridized carbons (Fsp3) is 0.290. The third kappa shape index (κ3) is 28.4. The molecule has 0 saturated heterocycles. The maximum absolute atomic E-state index is 11.3. The van der Waals surface area contributed by atoms with Crippen molar-refractivity contribution in [2.75, 3.05) is 30.6 Å². The third-order valence-corrected chi connectivity index (χ3v) is 20.3. The average Bonchev–Trinajstić information content (AvgIpc) is 0.837. The fourth-order valence-corrected chi connectivity index (χ4v) is 14.0. The Kier molecular flexibility index (Phi) is 34.8. The van der Waals surface area contributed by atoms with Gasteiger partial charge >= 0.3 is 0 Å². The van der Waals surface area contributed by atoms with Crippen LogP contribution in [-0.2, 0) is 24.0 Å². The smallest absolute Gasteiger partial charge is 0.270 e. The maximum atomic E-state index is 11.3. The molecule has 0 spiro atoms. The number of anilines is 2. The van der Waals surface area contributed by atoms with E-state index in [-0.39, 0.29) is 27.3 Å². The topological polar surface area (TPSA) is 180 Å². The molecule has 0 aliphatic carbocycles. The number of nitrogens with zero attached hydrogens (tertiary/aromatic N) is 7. The molecule has 1 heterocycles. The number of nitrogens with one attached hydrogen (secondary N) is 1. The van der Waals surface area contributed by atoms with Gasteiger partial charge in [0.2, 0.25) is 0 Å². The molecule has 0 radical (unpaired) electrons. The van der Waals surface area contributed by atoms with Gasteiger partial charge in [0.1, 0.15) is 29.6 Å². The number of phenolic OH excluding ortho intramolecular Hbond substituents is 2. The minimum Gasteiger partial charge on any atom is -0.507 e. The van der Waals surface area contributed by atoms with Crippen molar-refractivity contribution >= 4 is 98.6 Å². The molecule has 0 aliphatic heterocycles. The number of para-hydroxylation sites is 3. The predicted octanol–water partition coefficient (Wildman–Crippen LogP) is 28.2. The maximum Gasteiger partial charge on any atom is 0.270 e. The van der Waals surface area contributed by atoms with Crippen molar-refractivity contribution in [2.24, 2.45) is 20.0 Å². The van der Waals surface area contributed by atoms with Crippen LogP contribution in [0, 0.1) is 58.6 Å². The van der Waals surface area contributed by atoms with Gasteiger partial charge in [0.05, 0.1) is 52.0 Å². The largest absolute Gasteiger partial charge is 0.507 e. The third-order valence-electron chi connectivity index (χ3n) is 19.0. The van der Waals surface area contributed by atoms with Gasteiger partial charge in [-0.15, -0.1) is 11.8 Å². The Balaban J connectivity index is 0.000000205. The lowest BCUT2D eigenvalue weighted by Crippen LogP contribution is -2.17. The standard InChI is InChI=1S/C26H28N2O3.C23H30N2.C22H29NOS.C15H18N2O.C14H11Cl2NO/c1-18(2)23-11-8-12-24(19(3)4)26(23)27-16-21-15-22(28(29)30)13-14-25(21)31-17-20-9-6-5-7-10-20;1-14-9-16(3)22(17(4)10-14)24-20(7)13-21(8)25-23-18(5)11-15(2)12-19(23)6;1-21(2,3)16-12-15(20(24)17(13-16)22(4,5)6)14-23-18-10-8-9-11-19(18)25-7;1-12-5-4-6-13(16-12)11-17(2)14-7-9-15(18-3)10-8-14;1-9(17-11-5-3-2-4-6-11)12-7-10(15)8-13(16)14(12)18/h5-16,18-19H,17H2,1-4H3;9-13,24H,1-8H3;8-14,24H,1-7H3;4-10H,11H2,1-3H3;2-8,18H,1H3/b;20-13-,25-21?;;;. The van der Waals surface area contributed by atoms with Gasteiger partial charge in [-0.2, -0.15) is 0 Å². The van der Waals surface area contributed by atoms with Crippen molar-refractivity contribution in [3.05, 3.63) is 334 Å². The molecule has 11 aromatic rings. The number of ether oxygens (including phenoxy) is 2. The number of benzene rings is 10. The summed E-state index contributed by atoms with van der Waals surface area (Å²) in [5.41, 5.74) is 25.8. The number of thioether (sulfide) groups is 1. The summed E-state index contributed by atoms with van der Waals surface area (Å²) < 4.78 is 11.1. The highest BCUT2D eigenvalue weighted by Crippen LogP contribution is 2.40. The monoisotopic (exact) mass is 1630 g/mol. The van der Waals surface area contributed by atoms with Crippen LogP contribution in [0.1, 0.15) is 191 Å². The van der Waals surface area contributed by atoms with Crippen LogP contribution < -0.4 is 19.7 Å². The van der Waals surface area contributed by atoms with Crippen molar-refractivity contribution in [3.63, 3.8) is 0 Å². The molecule has 14 nitrogen and oxygen atoms in total. The highest BCUT2D eigenvalue weighted by molar-refractivity contribution is 7.98. The first-order chi connectivity index (χ1) is 55.3. The SMILES string of the molecule is CC(/C=C(/C)Nc1c(C)cc(C)cc1C)=Nc1c(C)cc(C)cc1C.CC(=Nc1ccccc1)c1cc(Cl)cc(Cl)c1O.CC(C)c1cccc(C(C)C)c1N=Cc1cc([N+](=O)[O-])ccc1OCc1ccccc1.COc1ccc(N(C)Cc2cccc(C)n2)cc1.CSc1ccccc1N=Cc1cc(C(C)(C)C)cc(C(C)(C)C)c1O. The first-order valence-electron chi connectivity index (χ1n) is 39.2. The molecule has 0 atom stereocenters. The molecule has 0 aliphatic rings. The molecule has 10 aromatic carbocycles. The number of hydrogen-bond donors (Lipinski definition) is 3. The molecular weight excluding hydrogens is 1510 g/mol. The Morgan fingerprint density at radius 2 is 1.20 bits per heavy atom. The molecule has 11 rings (SSSR count). The Morgan fingerprint density at radius 1 is 0.624 bits per heavy atom. The zero-order valence-electron chi connectivity index (χ0n) is 72.3. The van der Waals surface area contributed by atoms with Gasteiger partial charge in [-0.25, -0.2) is 0 Å². The summed E-state index contributed by atoms with van der Waals surface area (Å²) >= 11 is 13.5. The van der Waals surface area contributed by atoms with Crippen LogP contribution in [0.5, 0.6) is 23.0 Å². The molecule has 612 valence electrons. The van der Waals surface area contributed by atoms with Crippen LogP contribution in [0.4, 0.5) is 39.8 Å². The average molecular weight is 1630 g/mol. The molecule has 0 amide bonds. The number of aliphatic imine (C=N–C) groups is 4. The van der Waals surface area contributed by atoms with Crippen molar-refractivity contribution in [1.29, 1.82) is 0 Å². The number of pyridine rings is 1. The number of nitro benzene ring substituents is 1. The summed E-state index contributed by atoms with van der Waals surface area (Å²) in [7, 11) is 3.74. The van der Waals surface area contributed by atoms with Crippen LogP contribution >= 0.6 is 35.0 Å². The van der Waals surface area contributed by atoms with Crippen molar-refractivity contribution < 1.29 is 24.6 Å². The van der Waals surface area contributed by atoms with E-state index in [1.54, 1.807) is 50.4 Å². The molecule has 3 N–H and O–H groups in total. The van der Waals surface area contributed by atoms with Crippen LogP contribution in [0.2, 0.25) is 10.0 Å². The van der Waals surface area contributed by atoms with Crippen LogP contribution in [0.3, 0.4) is 0 Å². The van der Waals surface area contributed by atoms with Gasteiger partial charge in [-0.3, -0.25) is 35.1 Å². The van der Waals surface area contributed by atoms with Crippen LogP contribution in [0.15, 0.2) is 249 Å². The highest BCUT2D eigenvalue weighted by atomic mass is 35.5. The number of non-ortho nitro benzene ring substituents is 1. The van der Waals surface area contributed by atoms with E-state index in [9.17, 15) is 20.3 Å².